The topological polar surface area (TPSA) is 42.0 Å². The van der Waals surface area contributed by atoms with E-state index < -0.39 is 0 Å². The van der Waals surface area contributed by atoms with E-state index in [1.54, 1.807) is 0 Å². The van der Waals surface area contributed by atoms with Crippen LogP contribution in [0, 0.1) is 0 Å². The van der Waals surface area contributed by atoms with E-state index >= 15 is 0 Å². The first-order chi connectivity index (χ1) is 6.29. The van der Waals surface area contributed by atoms with Crippen LogP contribution in [0.1, 0.15) is 24.6 Å². The fourth-order valence-electron chi connectivity index (χ4n) is 1.50. The summed E-state index contributed by atoms with van der Waals surface area (Å²) >= 11 is 0. The van der Waals surface area contributed by atoms with Crippen molar-refractivity contribution in [1.82, 2.24) is 4.98 Å². The lowest BCUT2D eigenvalue weighted by Crippen LogP contribution is -2.19. The number of fused-ring (bicyclic) bond motifs is 1. The molecule has 3 nitrogen and oxygen atoms in total. The number of hydrogen-bond acceptors (Lipinski definition) is 2. The van der Waals surface area contributed by atoms with Crippen LogP contribution in [-0.4, -0.2) is 10.9 Å². The van der Waals surface area contributed by atoms with Crippen LogP contribution < -0.4 is 5.32 Å². The molecular formula is C10H12N2O. The van der Waals surface area contributed by atoms with E-state index in [4.69, 9.17) is 0 Å². The third kappa shape index (κ3) is 1.54. The van der Waals surface area contributed by atoms with Gasteiger partial charge in [-0.25, -0.2) is 0 Å². The van der Waals surface area contributed by atoms with Crippen molar-refractivity contribution < 1.29 is 4.79 Å². The SMILES string of the molecule is CCc1cc2c(cn1)CCC(=O)N2. The average Bonchev–Trinajstić information content (AvgIpc) is 2.16. The molecule has 0 atom stereocenters. The number of carbonyl (C=O) groups excluding carboxylic acids is 1. The minimum Gasteiger partial charge on any atom is -0.326 e. The van der Waals surface area contributed by atoms with E-state index in [0.29, 0.717) is 6.42 Å². The molecule has 1 amide bonds. The van der Waals surface area contributed by atoms with Crippen LogP contribution in [0.25, 0.3) is 0 Å². The average molecular weight is 176 g/mol. The smallest absolute Gasteiger partial charge is 0.224 e. The first kappa shape index (κ1) is 8.23. The molecule has 0 spiro atoms. The lowest BCUT2D eigenvalue weighted by Gasteiger charge is -2.16. The highest BCUT2D eigenvalue weighted by atomic mass is 16.1. The molecule has 68 valence electrons. The van der Waals surface area contributed by atoms with E-state index in [0.717, 1.165) is 29.8 Å². The quantitative estimate of drug-likeness (QED) is 0.705. The van der Waals surface area contributed by atoms with Gasteiger partial charge in [0.05, 0.1) is 0 Å². The summed E-state index contributed by atoms with van der Waals surface area (Å²) in [5.74, 6) is 0.112. The molecule has 13 heavy (non-hydrogen) atoms. The van der Waals surface area contributed by atoms with Gasteiger partial charge in [0, 0.05) is 24.0 Å². The summed E-state index contributed by atoms with van der Waals surface area (Å²) in [6.45, 7) is 2.05. The molecule has 0 saturated carbocycles. The summed E-state index contributed by atoms with van der Waals surface area (Å²) in [5, 5.41) is 2.86. The van der Waals surface area contributed by atoms with E-state index in [9.17, 15) is 4.79 Å². The molecule has 0 radical (unpaired) electrons. The molecule has 0 bridgehead atoms. The van der Waals surface area contributed by atoms with Gasteiger partial charge in [-0.1, -0.05) is 6.92 Å². The van der Waals surface area contributed by atoms with Crippen molar-refractivity contribution in [2.75, 3.05) is 5.32 Å². The Labute approximate surface area is 77.2 Å². The van der Waals surface area contributed by atoms with Gasteiger partial charge in [0.25, 0.3) is 0 Å². The fourth-order valence-corrected chi connectivity index (χ4v) is 1.50. The number of amides is 1. The minimum atomic E-state index is 0.112. The van der Waals surface area contributed by atoms with Crippen molar-refractivity contribution >= 4 is 11.6 Å². The summed E-state index contributed by atoms with van der Waals surface area (Å²) in [7, 11) is 0. The first-order valence-electron chi connectivity index (χ1n) is 4.57. The second-order valence-electron chi connectivity index (χ2n) is 3.23. The number of nitrogens with one attached hydrogen (secondary N) is 1. The van der Waals surface area contributed by atoms with Crippen molar-refractivity contribution in [2.45, 2.75) is 26.2 Å². The highest BCUT2D eigenvalue weighted by molar-refractivity contribution is 5.93. The van der Waals surface area contributed by atoms with Crippen LogP contribution in [-0.2, 0) is 17.6 Å². The Bertz CT molecular complexity index is 347. The number of hydrogen-bond donors (Lipinski definition) is 1. The highest BCUT2D eigenvalue weighted by Crippen LogP contribution is 2.22. The molecule has 3 heteroatoms. The van der Waals surface area contributed by atoms with Gasteiger partial charge < -0.3 is 5.32 Å². The molecule has 0 aliphatic carbocycles. The Hall–Kier alpha value is -1.38. The van der Waals surface area contributed by atoms with Gasteiger partial charge in [-0.05, 0) is 24.5 Å². The lowest BCUT2D eigenvalue weighted by molar-refractivity contribution is -0.116. The zero-order valence-corrected chi connectivity index (χ0v) is 7.63. The van der Waals surface area contributed by atoms with Crippen LogP contribution in [0.4, 0.5) is 5.69 Å². The monoisotopic (exact) mass is 176 g/mol. The van der Waals surface area contributed by atoms with Crippen LogP contribution in [0.5, 0.6) is 0 Å². The standard InChI is InChI=1S/C10H12N2O/c1-2-8-5-9-7(6-11-8)3-4-10(13)12-9/h5-6H,2-4H2,1H3,(H,12,13). The zero-order valence-electron chi connectivity index (χ0n) is 7.63. The number of carbonyl (C=O) groups is 1. The molecule has 0 aromatic carbocycles. The lowest BCUT2D eigenvalue weighted by atomic mass is 10.0. The van der Waals surface area contributed by atoms with E-state index in [-0.39, 0.29) is 5.91 Å². The van der Waals surface area contributed by atoms with E-state index in [1.807, 2.05) is 12.3 Å². The summed E-state index contributed by atoms with van der Waals surface area (Å²) < 4.78 is 0. The molecule has 0 fully saturated rings. The van der Waals surface area contributed by atoms with Crippen molar-refractivity contribution in [3.63, 3.8) is 0 Å². The molecule has 1 aliphatic heterocycles. The van der Waals surface area contributed by atoms with Crippen LogP contribution in [0.2, 0.25) is 0 Å². The maximum Gasteiger partial charge on any atom is 0.224 e. The summed E-state index contributed by atoms with van der Waals surface area (Å²) in [6, 6.07) is 1.96. The molecular weight excluding hydrogens is 164 g/mol. The van der Waals surface area contributed by atoms with E-state index in [2.05, 4.69) is 17.2 Å². The second-order valence-corrected chi connectivity index (χ2v) is 3.23. The van der Waals surface area contributed by atoms with Gasteiger partial charge >= 0.3 is 0 Å². The summed E-state index contributed by atoms with van der Waals surface area (Å²) in [5.41, 5.74) is 3.13. The zero-order chi connectivity index (χ0) is 9.26. The van der Waals surface area contributed by atoms with Gasteiger partial charge in [-0.3, -0.25) is 9.78 Å². The van der Waals surface area contributed by atoms with Gasteiger partial charge in [0.15, 0.2) is 0 Å². The Balaban J connectivity index is 2.38. The van der Waals surface area contributed by atoms with Crippen molar-refractivity contribution in [2.24, 2.45) is 0 Å². The second kappa shape index (κ2) is 3.17. The normalized spacial score (nSPS) is 15.0. The number of nitrogens with zero attached hydrogens (tertiary/aromatic N) is 1. The van der Waals surface area contributed by atoms with Crippen molar-refractivity contribution in [3.8, 4) is 0 Å². The van der Waals surface area contributed by atoms with E-state index in [1.165, 1.54) is 0 Å². The highest BCUT2D eigenvalue weighted by Gasteiger charge is 2.14. The fraction of sp³-hybridized carbons (Fsp3) is 0.400. The summed E-state index contributed by atoms with van der Waals surface area (Å²) in [4.78, 5) is 15.4. The van der Waals surface area contributed by atoms with Gasteiger partial charge in [0.2, 0.25) is 5.91 Å². The predicted molar refractivity (Wildman–Crippen MR) is 50.6 cm³/mol. The molecule has 0 saturated heterocycles. The van der Waals surface area contributed by atoms with Gasteiger partial charge in [-0.2, -0.15) is 0 Å². The van der Waals surface area contributed by atoms with Crippen LogP contribution >= 0.6 is 0 Å². The predicted octanol–water partition coefficient (Wildman–Crippen LogP) is 1.53. The molecule has 1 aromatic heterocycles. The molecule has 1 aromatic rings. The molecule has 0 unspecified atom stereocenters. The number of anilines is 1. The number of rotatable bonds is 1. The van der Waals surface area contributed by atoms with Crippen molar-refractivity contribution in [1.29, 1.82) is 0 Å². The number of aryl methyl sites for hydroxylation is 2. The third-order valence-corrected chi connectivity index (χ3v) is 2.30. The minimum absolute atomic E-state index is 0.112. The third-order valence-electron chi connectivity index (χ3n) is 2.30. The molecule has 2 heterocycles. The summed E-state index contributed by atoms with van der Waals surface area (Å²) in [6.07, 6.45) is 4.18. The molecule has 1 N–H and O–H groups in total. The van der Waals surface area contributed by atoms with Gasteiger partial charge in [-0.15, -0.1) is 0 Å². The number of aromatic nitrogens is 1. The Morgan fingerprint density at radius 1 is 1.54 bits per heavy atom. The van der Waals surface area contributed by atoms with Gasteiger partial charge in [0.1, 0.15) is 0 Å². The Kier molecular flexibility index (Phi) is 2.00. The Morgan fingerprint density at radius 3 is 3.15 bits per heavy atom. The molecule has 1 aliphatic rings. The largest absolute Gasteiger partial charge is 0.326 e. The maximum absolute atomic E-state index is 11.1. The van der Waals surface area contributed by atoms with Crippen LogP contribution in [0.15, 0.2) is 12.3 Å². The first-order valence-corrected chi connectivity index (χ1v) is 4.57. The maximum atomic E-state index is 11.1. The van der Waals surface area contributed by atoms with Crippen molar-refractivity contribution in [3.05, 3.63) is 23.5 Å². The molecule has 2 rings (SSSR count). The van der Waals surface area contributed by atoms with Crippen LogP contribution in [0.3, 0.4) is 0 Å². The number of pyridine rings is 1. The Morgan fingerprint density at radius 2 is 2.38 bits per heavy atom.